The van der Waals surface area contributed by atoms with E-state index in [0.29, 0.717) is 11.3 Å². The molecule has 0 saturated carbocycles. The van der Waals surface area contributed by atoms with Crippen LogP contribution in [0.3, 0.4) is 0 Å². The molecule has 0 unspecified atom stereocenters. The normalized spacial score (nSPS) is 10.1. The zero-order valence-corrected chi connectivity index (χ0v) is 10.4. The lowest BCUT2D eigenvalue weighted by atomic mass is 10.0. The maximum absolute atomic E-state index is 11.0. The molecule has 0 saturated heterocycles. The van der Waals surface area contributed by atoms with Crippen molar-refractivity contribution in [2.24, 2.45) is 0 Å². The van der Waals surface area contributed by atoms with Crippen LogP contribution < -0.4 is 4.74 Å². The third kappa shape index (κ3) is 2.17. The highest BCUT2D eigenvalue weighted by atomic mass is 35.5. The molecule has 0 aliphatic rings. The number of rotatable bonds is 3. The Balaban J connectivity index is 2.64. The average Bonchev–Trinajstić information content (AvgIpc) is 2.38. The lowest BCUT2D eigenvalue weighted by Gasteiger charge is -2.11. The highest BCUT2D eigenvalue weighted by molar-refractivity contribution is 6.36. The van der Waals surface area contributed by atoms with Crippen LogP contribution in [0.5, 0.6) is 5.75 Å². The molecule has 0 amide bonds. The predicted molar refractivity (Wildman–Crippen MR) is 70.4 cm³/mol. The second kappa shape index (κ2) is 5.10. The van der Waals surface area contributed by atoms with Crippen LogP contribution in [0, 0.1) is 0 Å². The van der Waals surface area contributed by atoms with E-state index in [1.54, 1.807) is 25.3 Å². The van der Waals surface area contributed by atoms with Gasteiger partial charge in [0, 0.05) is 11.1 Å². The number of hydrogen-bond acceptors (Lipinski definition) is 2. The molecule has 0 aromatic heterocycles. The summed E-state index contributed by atoms with van der Waals surface area (Å²) < 4.78 is 5.25. The standard InChI is InChI=1S/C14H11ClO3/c1-18-12-8-3-2-5-9(12)10-6-4-7-11(13(10)15)14(16)17/h2-8H,1H3,(H,16,17). The first-order valence-electron chi connectivity index (χ1n) is 5.30. The summed E-state index contributed by atoms with van der Waals surface area (Å²) in [6.07, 6.45) is 0. The summed E-state index contributed by atoms with van der Waals surface area (Å²) in [6, 6.07) is 12.2. The van der Waals surface area contributed by atoms with E-state index in [9.17, 15) is 4.79 Å². The van der Waals surface area contributed by atoms with Crippen molar-refractivity contribution in [1.82, 2.24) is 0 Å². The summed E-state index contributed by atoms with van der Waals surface area (Å²) in [7, 11) is 1.56. The molecule has 2 aromatic carbocycles. The number of aromatic carboxylic acids is 1. The fraction of sp³-hybridized carbons (Fsp3) is 0.0714. The van der Waals surface area contributed by atoms with E-state index in [1.165, 1.54) is 6.07 Å². The summed E-state index contributed by atoms with van der Waals surface area (Å²) in [5.41, 5.74) is 1.50. The highest BCUT2D eigenvalue weighted by Gasteiger charge is 2.15. The maximum atomic E-state index is 11.0. The zero-order chi connectivity index (χ0) is 13.1. The van der Waals surface area contributed by atoms with E-state index in [1.807, 2.05) is 18.2 Å². The van der Waals surface area contributed by atoms with Crippen molar-refractivity contribution in [2.45, 2.75) is 0 Å². The number of para-hydroxylation sites is 1. The summed E-state index contributed by atoms with van der Waals surface area (Å²) in [5, 5.41) is 9.26. The molecule has 0 bridgehead atoms. The number of halogens is 1. The molecule has 0 spiro atoms. The molecule has 0 radical (unpaired) electrons. The van der Waals surface area contributed by atoms with E-state index in [0.717, 1.165) is 5.56 Å². The third-order valence-electron chi connectivity index (χ3n) is 2.63. The minimum atomic E-state index is -1.04. The van der Waals surface area contributed by atoms with Gasteiger partial charge in [-0.25, -0.2) is 4.79 Å². The lowest BCUT2D eigenvalue weighted by molar-refractivity contribution is 0.0697. The van der Waals surface area contributed by atoms with Gasteiger partial charge in [0.15, 0.2) is 0 Å². The topological polar surface area (TPSA) is 46.5 Å². The fourth-order valence-electron chi connectivity index (χ4n) is 1.77. The highest BCUT2D eigenvalue weighted by Crippen LogP contribution is 2.36. The van der Waals surface area contributed by atoms with Gasteiger partial charge in [0.1, 0.15) is 5.75 Å². The predicted octanol–water partition coefficient (Wildman–Crippen LogP) is 3.71. The van der Waals surface area contributed by atoms with Gasteiger partial charge in [0.25, 0.3) is 0 Å². The molecule has 1 N–H and O–H groups in total. The molecule has 18 heavy (non-hydrogen) atoms. The molecule has 2 aromatic rings. The molecule has 0 heterocycles. The van der Waals surface area contributed by atoms with Crippen LogP contribution in [0.1, 0.15) is 10.4 Å². The molecule has 2 rings (SSSR count). The fourth-order valence-corrected chi connectivity index (χ4v) is 2.08. The number of ether oxygens (including phenoxy) is 1. The molecule has 4 heteroatoms. The van der Waals surface area contributed by atoms with Gasteiger partial charge in [-0.3, -0.25) is 0 Å². The number of methoxy groups -OCH3 is 1. The van der Waals surface area contributed by atoms with Crippen molar-refractivity contribution in [1.29, 1.82) is 0 Å². The summed E-state index contributed by atoms with van der Waals surface area (Å²) in [6.45, 7) is 0. The maximum Gasteiger partial charge on any atom is 0.337 e. The number of carbonyl (C=O) groups is 1. The van der Waals surface area contributed by atoms with Crippen molar-refractivity contribution in [3.8, 4) is 16.9 Å². The van der Waals surface area contributed by atoms with Gasteiger partial charge in [-0.15, -0.1) is 0 Å². The number of carboxylic acid groups (broad SMARTS) is 1. The Bertz CT molecular complexity index is 593. The van der Waals surface area contributed by atoms with Crippen molar-refractivity contribution < 1.29 is 14.6 Å². The molecule has 0 atom stereocenters. The van der Waals surface area contributed by atoms with Crippen LogP contribution in [-0.4, -0.2) is 18.2 Å². The van der Waals surface area contributed by atoms with Crippen LogP contribution in [0.15, 0.2) is 42.5 Å². The van der Waals surface area contributed by atoms with Gasteiger partial charge in [0.2, 0.25) is 0 Å². The van der Waals surface area contributed by atoms with Gasteiger partial charge < -0.3 is 9.84 Å². The van der Waals surface area contributed by atoms with Gasteiger partial charge in [-0.1, -0.05) is 41.9 Å². The van der Waals surface area contributed by atoms with Crippen LogP contribution in [0.2, 0.25) is 5.02 Å². The van der Waals surface area contributed by atoms with Gasteiger partial charge >= 0.3 is 5.97 Å². The number of carboxylic acids is 1. The van der Waals surface area contributed by atoms with Gasteiger partial charge in [0.05, 0.1) is 17.7 Å². The largest absolute Gasteiger partial charge is 0.496 e. The SMILES string of the molecule is COc1ccccc1-c1cccc(C(=O)O)c1Cl. The van der Waals surface area contributed by atoms with E-state index in [4.69, 9.17) is 21.4 Å². The first kappa shape index (κ1) is 12.5. The van der Waals surface area contributed by atoms with Crippen LogP contribution in [-0.2, 0) is 0 Å². The minimum absolute atomic E-state index is 0.0834. The minimum Gasteiger partial charge on any atom is -0.496 e. The van der Waals surface area contributed by atoms with E-state index >= 15 is 0 Å². The quantitative estimate of drug-likeness (QED) is 0.917. The van der Waals surface area contributed by atoms with Gasteiger partial charge in [-0.2, -0.15) is 0 Å². The Kier molecular flexibility index (Phi) is 3.53. The Morgan fingerprint density at radius 1 is 1.11 bits per heavy atom. The van der Waals surface area contributed by atoms with Crippen molar-refractivity contribution in [3.63, 3.8) is 0 Å². The van der Waals surface area contributed by atoms with Crippen molar-refractivity contribution >= 4 is 17.6 Å². The Morgan fingerprint density at radius 2 is 1.78 bits per heavy atom. The summed E-state index contributed by atoms with van der Waals surface area (Å²) >= 11 is 6.13. The average molecular weight is 263 g/mol. The molecular formula is C14H11ClO3. The smallest absolute Gasteiger partial charge is 0.337 e. The van der Waals surface area contributed by atoms with E-state index < -0.39 is 5.97 Å². The Morgan fingerprint density at radius 3 is 2.44 bits per heavy atom. The molecular weight excluding hydrogens is 252 g/mol. The van der Waals surface area contributed by atoms with E-state index in [-0.39, 0.29) is 10.6 Å². The van der Waals surface area contributed by atoms with Crippen molar-refractivity contribution in [3.05, 3.63) is 53.1 Å². The first-order chi connectivity index (χ1) is 8.65. The van der Waals surface area contributed by atoms with Crippen molar-refractivity contribution in [2.75, 3.05) is 7.11 Å². The number of benzene rings is 2. The lowest BCUT2D eigenvalue weighted by Crippen LogP contribution is -1.98. The molecule has 0 aliphatic carbocycles. The third-order valence-corrected chi connectivity index (χ3v) is 3.03. The molecule has 0 fully saturated rings. The second-order valence-corrected chi connectivity index (χ2v) is 4.05. The summed E-state index contributed by atoms with van der Waals surface area (Å²) in [5.74, 6) is -0.390. The molecule has 92 valence electrons. The second-order valence-electron chi connectivity index (χ2n) is 3.67. The van der Waals surface area contributed by atoms with Gasteiger partial charge in [-0.05, 0) is 12.1 Å². The van der Waals surface area contributed by atoms with Crippen LogP contribution >= 0.6 is 11.6 Å². The number of hydrogen-bond donors (Lipinski definition) is 1. The van der Waals surface area contributed by atoms with Crippen LogP contribution in [0.25, 0.3) is 11.1 Å². The Hall–Kier alpha value is -2.00. The first-order valence-corrected chi connectivity index (χ1v) is 5.68. The Labute approximate surface area is 110 Å². The molecule has 3 nitrogen and oxygen atoms in total. The summed E-state index contributed by atoms with van der Waals surface area (Å²) in [4.78, 5) is 11.0. The zero-order valence-electron chi connectivity index (χ0n) is 9.68. The van der Waals surface area contributed by atoms with Crippen LogP contribution in [0.4, 0.5) is 0 Å². The van der Waals surface area contributed by atoms with E-state index in [2.05, 4.69) is 0 Å². The monoisotopic (exact) mass is 262 g/mol. The molecule has 0 aliphatic heterocycles.